The Hall–Kier alpha value is -2.87. The number of fused-ring (bicyclic) bond motifs is 1. The van der Waals surface area contributed by atoms with Gasteiger partial charge >= 0.3 is 0 Å². The molecule has 0 radical (unpaired) electrons. The summed E-state index contributed by atoms with van der Waals surface area (Å²) in [5.74, 6) is -0.320. The van der Waals surface area contributed by atoms with Crippen LogP contribution >= 0.6 is 0 Å². The van der Waals surface area contributed by atoms with Crippen LogP contribution in [0.25, 0.3) is 5.78 Å². The molecule has 1 aromatic carbocycles. The molecule has 3 heterocycles. The summed E-state index contributed by atoms with van der Waals surface area (Å²) in [6.45, 7) is 2.33. The molecule has 128 valence electrons. The second-order valence-corrected chi connectivity index (χ2v) is 6.25. The molecule has 0 bridgehead atoms. The standard InChI is InChI=1S/C17H16FN5O2/c1-11-6-8-19-16-20-14(21-23(11)16)15(24)22-9-7-17(25,10-22)12-2-4-13(18)5-3-12/h2-6,8,25H,7,9-10H2,1H3. The van der Waals surface area contributed by atoms with Crippen molar-refractivity contribution in [3.63, 3.8) is 0 Å². The van der Waals surface area contributed by atoms with Gasteiger partial charge in [-0.2, -0.15) is 4.98 Å². The number of aliphatic hydroxyl groups is 1. The van der Waals surface area contributed by atoms with Crippen LogP contribution in [0.4, 0.5) is 4.39 Å². The summed E-state index contributed by atoms with van der Waals surface area (Å²) in [4.78, 5) is 22.5. The average Bonchev–Trinajstić information content (AvgIpc) is 3.20. The highest BCUT2D eigenvalue weighted by Crippen LogP contribution is 2.32. The quantitative estimate of drug-likeness (QED) is 0.760. The fourth-order valence-electron chi connectivity index (χ4n) is 3.10. The molecule has 0 spiro atoms. The zero-order valence-corrected chi connectivity index (χ0v) is 13.6. The molecule has 25 heavy (non-hydrogen) atoms. The van der Waals surface area contributed by atoms with Crippen molar-refractivity contribution in [2.75, 3.05) is 13.1 Å². The first kappa shape index (κ1) is 15.6. The minimum Gasteiger partial charge on any atom is -0.383 e. The van der Waals surface area contributed by atoms with Crippen LogP contribution in [0.1, 0.15) is 28.3 Å². The van der Waals surface area contributed by atoms with E-state index in [1.807, 2.05) is 6.92 Å². The molecule has 4 rings (SSSR count). The molecular weight excluding hydrogens is 325 g/mol. The molecular formula is C17H16FN5O2. The Balaban J connectivity index is 1.59. The van der Waals surface area contributed by atoms with Crippen LogP contribution in [-0.2, 0) is 5.60 Å². The number of rotatable bonds is 2. The molecule has 8 heteroatoms. The highest BCUT2D eigenvalue weighted by atomic mass is 19.1. The zero-order chi connectivity index (χ0) is 17.6. The van der Waals surface area contributed by atoms with E-state index >= 15 is 0 Å². The lowest BCUT2D eigenvalue weighted by molar-refractivity contribution is 0.0413. The lowest BCUT2D eigenvalue weighted by Crippen LogP contribution is -2.35. The Morgan fingerprint density at radius 2 is 2.04 bits per heavy atom. The molecule has 1 aliphatic heterocycles. The van der Waals surface area contributed by atoms with Gasteiger partial charge in [-0.3, -0.25) is 4.79 Å². The van der Waals surface area contributed by atoms with E-state index in [2.05, 4.69) is 15.1 Å². The minimum absolute atomic E-state index is 0.0464. The van der Waals surface area contributed by atoms with E-state index in [0.717, 1.165) is 5.69 Å². The Labute approximate surface area is 142 Å². The summed E-state index contributed by atoms with van der Waals surface area (Å²) in [6, 6.07) is 7.46. The highest BCUT2D eigenvalue weighted by Gasteiger charge is 2.40. The first-order valence-corrected chi connectivity index (χ1v) is 7.92. The lowest BCUT2D eigenvalue weighted by atomic mass is 9.93. The number of aryl methyl sites for hydroxylation is 1. The Morgan fingerprint density at radius 1 is 1.28 bits per heavy atom. The van der Waals surface area contributed by atoms with E-state index < -0.39 is 5.60 Å². The van der Waals surface area contributed by atoms with Gasteiger partial charge in [0.2, 0.25) is 5.82 Å². The molecule has 0 saturated carbocycles. The third-order valence-electron chi connectivity index (χ3n) is 4.54. The van der Waals surface area contributed by atoms with E-state index in [1.165, 1.54) is 21.5 Å². The molecule has 1 amide bonds. The maximum absolute atomic E-state index is 13.1. The maximum Gasteiger partial charge on any atom is 0.293 e. The zero-order valence-electron chi connectivity index (χ0n) is 13.6. The largest absolute Gasteiger partial charge is 0.383 e. The number of hydrogen-bond acceptors (Lipinski definition) is 5. The molecule has 1 unspecified atom stereocenters. The third-order valence-corrected chi connectivity index (χ3v) is 4.54. The number of carbonyl (C=O) groups is 1. The summed E-state index contributed by atoms with van der Waals surface area (Å²) >= 11 is 0. The minimum atomic E-state index is -1.20. The van der Waals surface area contributed by atoms with Gasteiger partial charge in [0.1, 0.15) is 11.4 Å². The monoisotopic (exact) mass is 341 g/mol. The molecule has 1 atom stereocenters. The van der Waals surface area contributed by atoms with Gasteiger partial charge in [0.05, 0.1) is 6.54 Å². The molecule has 7 nitrogen and oxygen atoms in total. The predicted molar refractivity (Wildman–Crippen MR) is 86.3 cm³/mol. The summed E-state index contributed by atoms with van der Waals surface area (Å²) in [7, 11) is 0. The van der Waals surface area contributed by atoms with Crippen molar-refractivity contribution in [2.24, 2.45) is 0 Å². The van der Waals surface area contributed by atoms with Gasteiger partial charge in [-0.1, -0.05) is 12.1 Å². The first-order chi connectivity index (χ1) is 12.0. The number of aromatic nitrogens is 4. The Kier molecular flexibility index (Phi) is 3.50. The molecule has 1 fully saturated rings. The van der Waals surface area contributed by atoms with E-state index in [4.69, 9.17) is 0 Å². The first-order valence-electron chi connectivity index (χ1n) is 7.92. The topological polar surface area (TPSA) is 83.6 Å². The van der Waals surface area contributed by atoms with Gasteiger partial charge in [0.15, 0.2) is 0 Å². The summed E-state index contributed by atoms with van der Waals surface area (Å²) < 4.78 is 14.6. The van der Waals surface area contributed by atoms with Crippen LogP contribution in [-0.4, -0.2) is 48.6 Å². The van der Waals surface area contributed by atoms with Gasteiger partial charge in [0.25, 0.3) is 11.7 Å². The normalized spacial score (nSPS) is 20.4. The van der Waals surface area contributed by atoms with E-state index in [-0.39, 0.29) is 24.1 Å². The van der Waals surface area contributed by atoms with Crippen LogP contribution in [0.15, 0.2) is 36.5 Å². The highest BCUT2D eigenvalue weighted by molar-refractivity contribution is 5.91. The summed E-state index contributed by atoms with van der Waals surface area (Å²) in [6.07, 6.45) is 1.98. The smallest absolute Gasteiger partial charge is 0.293 e. The van der Waals surface area contributed by atoms with Gasteiger partial charge in [-0.15, -0.1) is 5.10 Å². The van der Waals surface area contributed by atoms with Gasteiger partial charge in [0, 0.05) is 18.4 Å². The number of amides is 1. The molecule has 1 saturated heterocycles. The molecule has 3 aromatic rings. The Morgan fingerprint density at radius 3 is 2.76 bits per heavy atom. The molecule has 1 aliphatic rings. The van der Waals surface area contributed by atoms with Crippen molar-refractivity contribution in [1.29, 1.82) is 0 Å². The number of hydrogen-bond donors (Lipinski definition) is 1. The molecule has 0 aliphatic carbocycles. The number of halogens is 1. The van der Waals surface area contributed by atoms with Crippen molar-refractivity contribution >= 4 is 11.7 Å². The van der Waals surface area contributed by atoms with Crippen LogP contribution in [0.5, 0.6) is 0 Å². The van der Waals surface area contributed by atoms with Crippen molar-refractivity contribution in [1.82, 2.24) is 24.5 Å². The number of β-amino-alcohol motifs (C(OH)–C–C–N with tert-alkyl or cyclic N) is 1. The number of carbonyl (C=O) groups excluding carboxylic acids is 1. The number of likely N-dealkylation sites (tertiary alicyclic amines) is 1. The maximum atomic E-state index is 13.1. The Bertz CT molecular complexity index is 955. The van der Waals surface area contributed by atoms with Crippen LogP contribution < -0.4 is 0 Å². The number of nitrogens with zero attached hydrogens (tertiary/aromatic N) is 5. The van der Waals surface area contributed by atoms with Crippen molar-refractivity contribution in [2.45, 2.75) is 18.9 Å². The van der Waals surface area contributed by atoms with Crippen molar-refractivity contribution in [3.8, 4) is 0 Å². The van der Waals surface area contributed by atoms with E-state index in [9.17, 15) is 14.3 Å². The average molecular weight is 341 g/mol. The predicted octanol–water partition coefficient (Wildman–Crippen LogP) is 1.31. The van der Waals surface area contributed by atoms with Crippen LogP contribution in [0.2, 0.25) is 0 Å². The lowest BCUT2D eigenvalue weighted by Gasteiger charge is -2.23. The fourth-order valence-corrected chi connectivity index (χ4v) is 3.10. The second kappa shape index (κ2) is 5.59. The van der Waals surface area contributed by atoms with Gasteiger partial charge in [-0.25, -0.2) is 13.9 Å². The van der Waals surface area contributed by atoms with Crippen LogP contribution in [0.3, 0.4) is 0 Å². The van der Waals surface area contributed by atoms with Gasteiger partial charge < -0.3 is 10.0 Å². The van der Waals surface area contributed by atoms with Gasteiger partial charge in [-0.05, 0) is 37.1 Å². The second-order valence-electron chi connectivity index (χ2n) is 6.25. The summed E-state index contributed by atoms with van der Waals surface area (Å²) in [5, 5.41) is 15.0. The fraction of sp³-hybridized carbons (Fsp3) is 0.294. The SMILES string of the molecule is Cc1ccnc2nc(C(=O)N3CCC(O)(c4ccc(F)cc4)C3)nn12. The van der Waals surface area contributed by atoms with Crippen LogP contribution in [0, 0.1) is 12.7 Å². The third kappa shape index (κ3) is 2.64. The molecule has 1 N–H and O–H groups in total. The van der Waals surface area contributed by atoms with Crippen molar-refractivity contribution < 1.29 is 14.3 Å². The summed E-state index contributed by atoms with van der Waals surface area (Å²) in [5.41, 5.74) is 0.210. The van der Waals surface area contributed by atoms with E-state index in [1.54, 1.807) is 24.4 Å². The number of benzene rings is 1. The van der Waals surface area contributed by atoms with Crippen molar-refractivity contribution in [3.05, 3.63) is 59.4 Å². The molecule has 2 aromatic heterocycles. The van der Waals surface area contributed by atoms with E-state index in [0.29, 0.717) is 24.3 Å².